The number of hydrogen-bond acceptors (Lipinski definition) is 8. The molecule has 4 N–H and O–H groups in total. The van der Waals surface area contributed by atoms with Crippen LogP contribution < -0.4 is 9.83 Å². The van der Waals surface area contributed by atoms with Crippen LogP contribution in [0.3, 0.4) is 0 Å². The molecule has 1 rings (SSSR count). The molecule has 0 aromatic heterocycles. The van der Waals surface area contributed by atoms with Gasteiger partial charge in [0.1, 0.15) is 23.9 Å². The summed E-state index contributed by atoms with van der Waals surface area (Å²) in [5.74, 6) is 0. The maximum atomic E-state index is 9.58. The minimum atomic E-state index is -2.67. The van der Waals surface area contributed by atoms with Gasteiger partial charge in [0.2, 0.25) is 0 Å². The molecule has 0 radical (unpaired) electrons. The van der Waals surface area contributed by atoms with Crippen LogP contribution in [0.4, 0.5) is 0 Å². The summed E-state index contributed by atoms with van der Waals surface area (Å²) < 4.78 is 26.5. The minimum Gasteiger partial charge on any atom is -0.432 e. The second-order valence-corrected chi connectivity index (χ2v) is 48.4. The second kappa shape index (κ2) is 32.0. The third kappa shape index (κ3) is 58.0. The van der Waals surface area contributed by atoms with Crippen molar-refractivity contribution in [2.24, 2.45) is 0 Å². The number of nitrogens with one attached hydrogen (secondary N) is 1. The number of benzene rings is 1. The van der Waals surface area contributed by atoms with Crippen molar-refractivity contribution in [2.45, 2.75) is 158 Å². The van der Waals surface area contributed by atoms with Crippen LogP contribution in [0.2, 0.25) is 110 Å². The summed E-state index contributed by atoms with van der Waals surface area (Å²) in [5, 5.41) is 1.03. The Morgan fingerprint density at radius 2 is 0.769 bits per heavy atom. The van der Waals surface area contributed by atoms with Crippen LogP contribution >= 0.6 is 11.1 Å². The zero-order chi connectivity index (χ0) is 41.1. The van der Waals surface area contributed by atoms with Gasteiger partial charge in [0.25, 0.3) is 0 Å². The third-order valence-corrected chi connectivity index (χ3v) is 19.6. The van der Waals surface area contributed by atoms with Crippen molar-refractivity contribution in [3.63, 3.8) is 0 Å². The molecule has 8 nitrogen and oxygen atoms in total. The summed E-state index contributed by atoms with van der Waals surface area (Å²) in [5.41, 5.74) is 0. The molecule has 0 aliphatic carbocycles. The van der Waals surface area contributed by atoms with Crippen LogP contribution in [-0.4, -0.2) is 98.7 Å². The first kappa shape index (κ1) is 65.6. The molecule has 0 aliphatic rings. The number of rotatable bonds is 14. The van der Waals surface area contributed by atoms with E-state index in [1.807, 2.05) is 58.0 Å². The van der Waals surface area contributed by atoms with E-state index in [1.54, 1.807) is 0 Å². The molecule has 1 aromatic carbocycles. The molecule has 1 aromatic rings. The van der Waals surface area contributed by atoms with Gasteiger partial charge in [-0.1, -0.05) is 110 Å². The molecular weight excluding hydrogens is 1320 g/mol. The molecule has 0 fully saturated rings. The third-order valence-electron chi connectivity index (χ3n) is 5.43. The first-order valence-electron chi connectivity index (χ1n) is 18.5. The summed E-state index contributed by atoms with van der Waals surface area (Å²) in [7, 11) is -11.2. The Kier molecular flexibility index (Phi) is 40.4. The van der Waals surface area contributed by atoms with Crippen molar-refractivity contribution in [2.75, 3.05) is 26.4 Å². The first-order chi connectivity index (χ1) is 22.2. The van der Waals surface area contributed by atoms with E-state index in [9.17, 15) is 4.80 Å². The van der Waals surface area contributed by atoms with Gasteiger partial charge in [-0.05, 0) is 78.6 Å². The van der Waals surface area contributed by atoms with Crippen LogP contribution in [0.5, 0.6) is 0 Å². The van der Waals surface area contributed by atoms with Crippen molar-refractivity contribution >= 4 is 74.1 Å². The number of hydrogen-bond donors (Lipinski definition) is 4. The monoisotopic (exact) mass is 1410 g/mol. The van der Waals surface area contributed by atoms with Crippen LogP contribution in [0, 0.1) is 0 Å². The Balaban J connectivity index is -0.0000000984. The van der Waals surface area contributed by atoms with Crippen molar-refractivity contribution in [1.82, 2.24) is 4.65 Å². The molecule has 0 atom stereocenters. The molecule has 0 saturated heterocycles. The first-order valence-corrected chi connectivity index (χ1v) is 40.6. The van der Waals surface area contributed by atoms with Crippen LogP contribution in [0.1, 0.15) is 48.5 Å². The molecule has 0 amide bonds. The largest absolute Gasteiger partial charge is 0.537 e. The summed E-state index contributed by atoms with van der Waals surface area (Å²) in [6.07, 6.45) is 0. The zero-order valence-electron chi connectivity index (χ0n) is 38.1. The fourth-order valence-corrected chi connectivity index (χ4v) is 17.8. The van der Waals surface area contributed by atoms with Gasteiger partial charge < -0.3 is 36.7 Å². The van der Waals surface area contributed by atoms with Crippen molar-refractivity contribution in [1.29, 1.82) is 0 Å². The van der Waals surface area contributed by atoms with Gasteiger partial charge in [0.15, 0.2) is 16.6 Å². The fourth-order valence-electron chi connectivity index (χ4n) is 3.90. The van der Waals surface area contributed by atoms with E-state index >= 15 is 0 Å². The Hall–Kier alpha value is -1.29. The summed E-state index contributed by atoms with van der Waals surface area (Å²) in [6, 6.07) is 13.0. The normalized spacial score (nSPS) is 11.8. The average Bonchev–Trinajstić information content (AvgIpc) is 2.90. The van der Waals surface area contributed by atoms with Gasteiger partial charge in [0, 0.05) is 31.6 Å². The van der Waals surface area contributed by atoms with Gasteiger partial charge in [-0.15, -0.1) is 0 Å². The van der Waals surface area contributed by atoms with E-state index < -0.39 is 57.9 Å². The van der Waals surface area contributed by atoms with E-state index in [0.29, 0.717) is 19.8 Å². The molecule has 0 aliphatic heterocycles. The minimum absolute atomic E-state index is 0. The Morgan fingerprint density at radius 1 is 0.519 bits per heavy atom. The molecule has 0 bridgehead atoms. The van der Waals surface area contributed by atoms with Gasteiger partial charge in [-0.3, -0.25) is 0 Å². The van der Waals surface area contributed by atoms with E-state index in [2.05, 4.69) is 104 Å². The quantitative estimate of drug-likeness (QED) is 0.108. The van der Waals surface area contributed by atoms with Crippen LogP contribution in [-0.2, 0) is 17.7 Å². The van der Waals surface area contributed by atoms with Gasteiger partial charge in [-0.25, -0.2) is 0 Å². The molecule has 18 heteroatoms. The topological polar surface area (TPSA) is 110 Å². The maximum Gasteiger partial charge on any atom is 0.537 e. The van der Waals surface area contributed by atoms with Gasteiger partial charge >= 0.3 is 17.4 Å². The summed E-state index contributed by atoms with van der Waals surface area (Å²) in [4.78, 5) is 26.0. The van der Waals surface area contributed by atoms with Gasteiger partial charge in [0.05, 0.1) is 0 Å². The fraction of sp³-hybridized carbons (Fsp3) is 0.824. The maximum absolute atomic E-state index is 9.58. The molecule has 0 heterocycles. The van der Waals surface area contributed by atoms with E-state index in [-0.39, 0.29) is 0 Å². The SMILES string of the molecule is CCO[Si](C)(C)C.CCO[Si](OCC)(OCC)c1ccccc1.CC[Si](O)(CC)CC.C[Si](C)(C)Cl.C[Si](C)(C)N[Si](C)(C)C.C[Si](C)(O)O.[Mt].[Mt]. The van der Waals surface area contributed by atoms with E-state index in [0.717, 1.165) is 29.9 Å². The molecule has 0 saturated carbocycles. The van der Waals surface area contributed by atoms with Crippen molar-refractivity contribution < 1.29 is 32.1 Å². The molecule has 52 heavy (non-hydrogen) atoms. The molecule has 0 spiro atoms. The second-order valence-electron chi connectivity index (χ2n) is 16.2. The van der Waals surface area contributed by atoms with Gasteiger partial charge in [-0.2, -0.15) is 11.1 Å². The van der Waals surface area contributed by atoms with Crippen molar-refractivity contribution in [3.8, 4) is 0 Å². The summed E-state index contributed by atoms with van der Waals surface area (Å²) >= 11 is 5.67. The van der Waals surface area contributed by atoms with E-state index in [1.165, 1.54) is 13.1 Å². The average molecular weight is 1410 g/mol. The molecule has 0 unspecified atom stereocenters. The van der Waals surface area contributed by atoms with E-state index in [4.69, 9.17) is 38.4 Å². The standard InChI is InChI=1S/C12H20O3Si.C6H19NSi2.C6H16OSi.C5H14OSi.C3H9ClSi.C2H8O2Si.2Mt/c1-4-13-16(14-5-2,15-6-3)12-10-8-7-9-11-12;1-8(2,3)7-9(4,5)6;1-4-8(7,5-2)6-3;1-5-6-7(2,3)4;2*1-5(2,3)4;;/h7-11H,4-6H2,1-3H3;7H,1-6H3;7H,4-6H2,1-3H3;5H2,1-4H3;1-3H3;3-4H,1-2H3;;. The smallest absolute Gasteiger partial charge is 0.432 e. The Morgan fingerprint density at radius 3 is 0.885 bits per heavy atom. The zero-order valence-corrected chi connectivity index (χ0v) is 59.0. The number of halogens is 1. The Labute approximate surface area is 324 Å². The Bertz CT molecular complexity index is 837. The summed E-state index contributed by atoms with van der Waals surface area (Å²) in [6.45, 7) is 46.7. The predicted octanol–water partition coefficient (Wildman–Crippen LogP) is 9.76. The molecule has 308 valence electrons. The van der Waals surface area contributed by atoms with Crippen LogP contribution in [0.25, 0.3) is 0 Å². The molecular formula is C34H86ClMt2NO7Si7. The van der Waals surface area contributed by atoms with Crippen molar-refractivity contribution in [3.05, 3.63) is 30.3 Å². The van der Waals surface area contributed by atoms with Crippen LogP contribution in [0.15, 0.2) is 30.3 Å². The predicted molar refractivity (Wildman–Crippen MR) is 242 cm³/mol.